The predicted octanol–water partition coefficient (Wildman–Crippen LogP) is 3.45. The van der Waals surface area contributed by atoms with Crippen molar-refractivity contribution in [1.29, 1.82) is 0 Å². The zero-order valence-corrected chi connectivity index (χ0v) is 12.5. The second-order valence-electron chi connectivity index (χ2n) is 4.79. The Hall–Kier alpha value is -1.65. The molecule has 104 valence electrons. The average molecular weight is 285 g/mol. The first kappa shape index (κ1) is 13.3. The lowest BCUT2D eigenvalue weighted by Gasteiger charge is -2.01. The van der Waals surface area contributed by atoms with E-state index in [1.54, 1.807) is 0 Å². The first-order valence-electron chi connectivity index (χ1n) is 7.06. The zero-order valence-electron chi connectivity index (χ0n) is 11.7. The maximum atomic E-state index is 4.70. The molecule has 1 aromatic carbocycles. The third-order valence-electron chi connectivity index (χ3n) is 3.45. The van der Waals surface area contributed by atoms with Gasteiger partial charge in [-0.3, -0.25) is 4.68 Å². The van der Waals surface area contributed by atoms with Crippen molar-refractivity contribution in [2.24, 2.45) is 0 Å². The minimum atomic E-state index is 0.832. The number of nitrogens with one attached hydrogen (secondary N) is 1. The molecular formula is C16H19N3S. The largest absolute Gasteiger partial charge is 0.311 e. The number of rotatable bonds is 6. The van der Waals surface area contributed by atoms with Crippen LogP contribution >= 0.6 is 11.3 Å². The van der Waals surface area contributed by atoms with Gasteiger partial charge in [0.2, 0.25) is 0 Å². The summed E-state index contributed by atoms with van der Waals surface area (Å²) in [4.78, 5) is 1.43. The number of hydrogen-bond donors (Lipinski definition) is 1. The number of benzene rings is 1. The maximum Gasteiger partial charge on any atom is 0.0841 e. The molecule has 0 bridgehead atoms. The molecule has 4 heteroatoms. The van der Waals surface area contributed by atoms with Crippen molar-refractivity contribution in [3.63, 3.8) is 0 Å². The van der Waals surface area contributed by atoms with E-state index in [2.05, 4.69) is 58.7 Å². The van der Waals surface area contributed by atoms with E-state index in [0.29, 0.717) is 0 Å². The molecule has 2 heterocycles. The summed E-state index contributed by atoms with van der Waals surface area (Å²) in [7, 11) is 0. The van der Waals surface area contributed by atoms with E-state index in [-0.39, 0.29) is 0 Å². The Kier molecular flexibility index (Phi) is 4.14. The minimum absolute atomic E-state index is 0.832. The predicted molar refractivity (Wildman–Crippen MR) is 85.1 cm³/mol. The zero-order chi connectivity index (χ0) is 13.8. The van der Waals surface area contributed by atoms with E-state index in [1.165, 1.54) is 15.8 Å². The lowest BCUT2D eigenvalue weighted by Crippen LogP contribution is -2.17. The van der Waals surface area contributed by atoms with Crippen molar-refractivity contribution in [2.45, 2.75) is 26.4 Å². The molecule has 20 heavy (non-hydrogen) atoms. The van der Waals surface area contributed by atoms with Crippen LogP contribution in [-0.2, 0) is 19.5 Å². The lowest BCUT2D eigenvalue weighted by atomic mass is 10.2. The Morgan fingerprint density at radius 1 is 1.20 bits per heavy atom. The van der Waals surface area contributed by atoms with E-state index in [1.807, 2.05) is 11.3 Å². The minimum Gasteiger partial charge on any atom is -0.311 e. The summed E-state index contributed by atoms with van der Waals surface area (Å²) in [6.07, 6.45) is 1.09. The van der Waals surface area contributed by atoms with Crippen LogP contribution in [0.1, 0.15) is 17.5 Å². The van der Waals surface area contributed by atoms with Gasteiger partial charge >= 0.3 is 0 Å². The Morgan fingerprint density at radius 2 is 2.10 bits per heavy atom. The van der Waals surface area contributed by atoms with Crippen molar-refractivity contribution >= 4 is 22.2 Å². The van der Waals surface area contributed by atoms with Crippen LogP contribution < -0.4 is 5.32 Å². The summed E-state index contributed by atoms with van der Waals surface area (Å²) in [5.74, 6) is 0. The summed E-state index contributed by atoms with van der Waals surface area (Å²) < 4.78 is 2.08. The Labute approximate surface area is 123 Å². The average Bonchev–Trinajstić information content (AvgIpc) is 3.11. The topological polar surface area (TPSA) is 29.9 Å². The molecule has 0 amide bonds. The lowest BCUT2D eigenvalue weighted by molar-refractivity contribution is 0.632. The fourth-order valence-electron chi connectivity index (χ4n) is 2.44. The highest BCUT2D eigenvalue weighted by Crippen LogP contribution is 2.18. The van der Waals surface area contributed by atoms with Gasteiger partial charge in [0, 0.05) is 29.9 Å². The van der Waals surface area contributed by atoms with Gasteiger partial charge in [-0.2, -0.15) is 5.10 Å². The monoisotopic (exact) mass is 285 g/mol. The number of fused-ring (bicyclic) bond motifs is 1. The summed E-state index contributed by atoms with van der Waals surface area (Å²) in [6, 6.07) is 12.7. The van der Waals surface area contributed by atoms with Gasteiger partial charge in [0.05, 0.1) is 11.2 Å². The summed E-state index contributed by atoms with van der Waals surface area (Å²) in [5, 5.41) is 11.6. The van der Waals surface area contributed by atoms with Crippen LogP contribution in [0.4, 0.5) is 0 Å². The number of para-hydroxylation sites is 1. The molecule has 0 aliphatic carbocycles. The highest BCUT2D eigenvalue weighted by molar-refractivity contribution is 7.09. The van der Waals surface area contributed by atoms with E-state index in [0.717, 1.165) is 31.7 Å². The van der Waals surface area contributed by atoms with Crippen molar-refractivity contribution in [2.75, 3.05) is 6.54 Å². The molecule has 0 fully saturated rings. The fourth-order valence-corrected chi connectivity index (χ4v) is 3.15. The first-order chi connectivity index (χ1) is 9.88. The Balaban J connectivity index is 1.65. The van der Waals surface area contributed by atoms with Crippen molar-refractivity contribution in [3.8, 4) is 0 Å². The number of hydrogen-bond acceptors (Lipinski definition) is 3. The molecule has 1 N–H and O–H groups in total. The molecule has 0 unspecified atom stereocenters. The molecule has 0 aliphatic rings. The summed E-state index contributed by atoms with van der Waals surface area (Å²) >= 11 is 1.82. The van der Waals surface area contributed by atoms with Gasteiger partial charge in [-0.25, -0.2) is 0 Å². The number of aromatic nitrogens is 2. The summed E-state index contributed by atoms with van der Waals surface area (Å²) in [5.41, 5.74) is 2.37. The van der Waals surface area contributed by atoms with Crippen molar-refractivity contribution in [3.05, 3.63) is 52.3 Å². The smallest absolute Gasteiger partial charge is 0.0841 e. The molecule has 0 atom stereocenters. The molecule has 0 spiro atoms. The molecule has 3 rings (SSSR count). The van der Waals surface area contributed by atoms with Gasteiger partial charge in [-0.1, -0.05) is 24.3 Å². The third-order valence-corrected chi connectivity index (χ3v) is 4.39. The van der Waals surface area contributed by atoms with E-state index >= 15 is 0 Å². The quantitative estimate of drug-likeness (QED) is 0.703. The SMILES string of the molecule is CCn1nc(CNCCc2cccs2)c2ccccc21. The second kappa shape index (κ2) is 6.20. The van der Waals surface area contributed by atoms with Crippen LogP contribution in [0, 0.1) is 0 Å². The highest BCUT2D eigenvalue weighted by Gasteiger charge is 2.08. The molecular weight excluding hydrogens is 266 g/mol. The molecule has 0 saturated heterocycles. The third kappa shape index (κ3) is 2.76. The fraction of sp³-hybridized carbons (Fsp3) is 0.312. The maximum absolute atomic E-state index is 4.70. The normalized spacial score (nSPS) is 11.2. The van der Waals surface area contributed by atoms with Crippen LogP contribution in [0.3, 0.4) is 0 Å². The van der Waals surface area contributed by atoms with E-state index < -0.39 is 0 Å². The van der Waals surface area contributed by atoms with Crippen LogP contribution in [0.2, 0.25) is 0 Å². The second-order valence-corrected chi connectivity index (χ2v) is 5.82. The molecule has 0 aliphatic heterocycles. The number of nitrogens with zero attached hydrogens (tertiary/aromatic N) is 2. The van der Waals surface area contributed by atoms with Gasteiger partial charge in [-0.05, 0) is 30.9 Å². The number of thiophene rings is 1. The van der Waals surface area contributed by atoms with Gasteiger partial charge in [0.25, 0.3) is 0 Å². The van der Waals surface area contributed by atoms with Gasteiger partial charge in [-0.15, -0.1) is 11.3 Å². The van der Waals surface area contributed by atoms with Gasteiger partial charge in [0.15, 0.2) is 0 Å². The van der Waals surface area contributed by atoms with Gasteiger partial charge < -0.3 is 5.32 Å². The van der Waals surface area contributed by atoms with Crippen LogP contribution in [0.15, 0.2) is 41.8 Å². The van der Waals surface area contributed by atoms with E-state index in [9.17, 15) is 0 Å². The molecule has 3 aromatic rings. The highest BCUT2D eigenvalue weighted by atomic mass is 32.1. The molecule has 0 radical (unpaired) electrons. The van der Waals surface area contributed by atoms with Crippen LogP contribution in [-0.4, -0.2) is 16.3 Å². The standard InChI is InChI=1S/C16H19N3S/c1-2-19-16-8-4-3-7-14(16)15(18-19)12-17-10-9-13-6-5-11-20-13/h3-8,11,17H,2,9-10,12H2,1H3. The van der Waals surface area contributed by atoms with Crippen LogP contribution in [0.25, 0.3) is 10.9 Å². The van der Waals surface area contributed by atoms with Crippen molar-refractivity contribution in [1.82, 2.24) is 15.1 Å². The Bertz CT molecular complexity index is 670. The van der Waals surface area contributed by atoms with Crippen LogP contribution in [0.5, 0.6) is 0 Å². The Morgan fingerprint density at radius 3 is 2.90 bits per heavy atom. The molecule has 0 saturated carbocycles. The van der Waals surface area contributed by atoms with Crippen molar-refractivity contribution < 1.29 is 0 Å². The summed E-state index contributed by atoms with van der Waals surface area (Å²) in [6.45, 7) is 4.87. The van der Waals surface area contributed by atoms with Gasteiger partial charge in [0.1, 0.15) is 0 Å². The number of aryl methyl sites for hydroxylation is 1. The first-order valence-corrected chi connectivity index (χ1v) is 7.94. The molecule has 2 aromatic heterocycles. The van der Waals surface area contributed by atoms with E-state index in [4.69, 9.17) is 5.10 Å². The molecule has 3 nitrogen and oxygen atoms in total.